The zero-order chi connectivity index (χ0) is 49.5. The summed E-state index contributed by atoms with van der Waals surface area (Å²) >= 11 is 0. The minimum absolute atomic E-state index is 0.523. The molecule has 12 aromatic rings. The van der Waals surface area contributed by atoms with E-state index in [9.17, 15) is 0 Å². The van der Waals surface area contributed by atoms with Crippen LogP contribution in [0, 0.1) is 0 Å². The number of rotatable bonds is 8. The number of anilines is 3. The number of benzene rings is 12. The summed E-state index contributed by atoms with van der Waals surface area (Å²) in [7, 11) is 0. The average molecular weight is 952 g/mol. The van der Waals surface area contributed by atoms with Gasteiger partial charge in [0.2, 0.25) is 0 Å². The minimum Gasteiger partial charge on any atom is -0.310 e. The number of fused-ring (bicyclic) bond motifs is 13. The number of hydrogen-bond donors (Lipinski definition) is 0. The van der Waals surface area contributed by atoms with Crippen LogP contribution in [0.15, 0.2) is 297 Å². The summed E-state index contributed by atoms with van der Waals surface area (Å²) in [6.07, 6.45) is 0. The Labute approximate surface area is 439 Å². The van der Waals surface area contributed by atoms with Crippen LogP contribution in [0.25, 0.3) is 66.8 Å². The van der Waals surface area contributed by atoms with Crippen molar-refractivity contribution in [2.24, 2.45) is 0 Å². The molecule has 0 unspecified atom stereocenters. The van der Waals surface area contributed by atoms with Gasteiger partial charge in [0.25, 0.3) is 0 Å². The van der Waals surface area contributed by atoms with Gasteiger partial charge in [0, 0.05) is 16.9 Å². The topological polar surface area (TPSA) is 3.24 Å². The maximum atomic E-state index is 2.58. The number of hydrogen-bond acceptors (Lipinski definition) is 1. The van der Waals surface area contributed by atoms with Crippen molar-refractivity contribution in [2.75, 3.05) is 4.90 Å². The van der Waals surface area contributed by atoms with E-state index in [0.29, 0.717) is 0 Å². The standard InChI is InChI=1S/C74H49N/c1-5-24-50(25-6-1)56-32-13-14-37-64(56)72-57(51-26-7-2-8-27-51)38-23-43-71(72)75(54-44-46-62-60-35-15-19-39-65(60)73(69(62)48-54,52-28-9-3-10-29-52)53-30-11-4-12-31-53)55-45-47-63-61-36-18-22-42-68(61)74(70(63)49-55)66-40-20-16-33-58(66)59-34-17-21-41-67(59)74/h1-49H. The summed E-state index contributed by atoms with van der Waals surface area (Å²) in [5.74, 6) is 0. The molecule has 0 aromatic heterocycles. The van der Waals surface area contributed by atoms with Gasteiger partial charge in [-0.25, -0.2) is 0 Å². The van der Waals surface area contributed by atoms with Crippen molar-refractivity contribution in [3.63, 3.8) is 0 Å². The highest BCUT2D eigenvalue weighted by Crippen LogP contribution is 2.64. The first-order chi connectivity index (χ1) is 37.2. The highest BCUT2D eigenvalue weighted by Gasteiger charge is 2.52. The monoisotopic (exact) mass is 951 g/mol. The van der Waals surface area contributed by atoms with E-state index in [4.69, 9.17) is 0 Å². The van der Waals surface area contributed by atoms with Crippen LogP contribution in [0.3, 0.4) is 0 Å². The Morgan fingerprint density at radius 2 is 0.547 bits per heavy atom. The quantitative estimate of drug-likeness (QED) is 0.147. The molecule has 0 fully saturated rings. The summed E-state index contributed by atoms with van der Waals surface area (Å²) in [6.45, 7) is 0. The molecule has 0 radical (unpaired) electrons. The molecule has 3 aliphatic carbocycles. The van der Waals surface area contributed by atoms with Crippen LogP contribution >= 0.6 is 0 Å². The Hall–Kier alpha value is -9.56. The van der Waals surface area contributed by atoms with E-state index in [2.05, 4.69) is 302 Å². The summed E-state index contributed by atoms with van der Waals surface area (Å²) < 4.78 is 0. The average Bonchev–Trinajstić information content (AvgIpc) is 4.29. The van der Waals surface area contributed by atoms with Crippen LogP contribution in [-0.4, -0.2) is 0 Å². The smallest absolute Gasteiger partial charge is 0.0726 e. The first-order valence-corrected chi connectivity index (χ1v) is 26.2. The van der Waals surface area contributed by atoms with Gasteiger partial charge in [-0.1, -0.05) is 267 Å². The van der Waals surface area contributed by atoms with Gasteiger partial charge < -0.3 is 4.90 Å². The fourth-order valence-corrected chi connectivity index (χ4v) is 13.7. The first-order valence-electron chi connectivity index (χ1n) is 26.2. The molecule has 1 heteroatoms. The predicted molar refractivity (Wildman–Crippen MR) is 311 cm³/mol. The lowest BCUT2D eigenvalue weighted by molar-refractivity contribution is 0.768. The highest BCUT2D eigenvalue weighted by molar-refractivity contribution is 6.03. The molecular weight excluding hydrogens is 903 g/mol. The normalized spacial score (nSPS) is 13.5. The second-order valence-corrected chi connectivity index (χ2v) is 20.2. The van der Waals surface area contributed by atoms with Gasteiger partial charge in [0.15, 0.2) is 0 Å². The maximum Gasteiger partial charge on any atom is 0.0726 e. The van der Waals surface area contributed by atoms with Crippen LogP contribution in [-0.2, 0) is 10.8 Å². The maximum absolute atomic E-state index is 2.58. The summed E-state index contributed by atoms with van der Waals surface area (Å²) in [6, 6.07) is 111. The summed E-state index contributed by atoms with van der Waals surface area (Å²) in [4.78, 5) is 2.58. The SMILES string of the molecule is c1ccc(-c2ccccc2-c2c(-c3ccccc3)cccc2N(c2ccc3c(c2)C(c2ccccc2)(c2ccccc2)c2ccccc2-3)c2ccc3c(c2)C2(c4ccccc4-c4ccccc42)c2ccccc2-3)cc1. The third-order valence-corrected chi connectivity index (χ3v) is 16.6. The molecular formula is C74H49N. The Bertz CT molecular complexity index is 3970. The van der Waals surface area contributed by atoms with Crippen molar-refractivity contribution in [1.82, 2.24) is 0 Å². The van der Waals surface area contributed by atoms with E-state index in [0.717, 1.165) is 22.6 Å². The van der Waals surface area contributed by atoms with Gasteiger partial charge in [-0.3, -0.25) is 0 Å². The molecule has 0 bridgehead atoms. The second kappa shape index (κ2) is 17.0. The van der Waals surface area contributed by atoms with E-state index in [-0.39, 0.29) is 0 Å². The Kier molecular flexibility index (Phi) is 9.77. The van der Waals surface area contributed by atoms with Crippen LogP contribution < -0.4 is 4.90 Å². The number of nitrogens with zero attached hydrogens (tertiary/aromatic N) is 1. The molecule has 1 nitrogen and oxygen atoms in total. The lowest BCUT2D eigenvalue weighted by Gasteiger charge is -2.36. The predicted octanol–water partition coefficient (Wildman–Crippen LogP) is 18.9. The molecule has 0 heterocycles. The lowest BCUT2D eigenvalue weighted by atomic mass is 9.67. The molecule has 75 heavy (non-hydrogen) atoms. The van der Waals surface area contributed by atoms with Crippen LogP contribution in [0.2, 0.25) is 0 Å². The highest BCUT2D eigenvalue weighted by atomic mass is 15.1. The molecule has 0 saturated heterocycles. The van der Waals surface area contributed by atoms with Gasteiger partial charge in [-0.15, -0.1) is 0 Å². The molecule has 0 amide bonds. The van der Waals surface area contributed by atoms with Crippen molar-refractivity contribution >= 4 is 17.1 Å². The Balaban J connectivity index is 1.07. The van der Waals surface area contributed by atoms with Crippen molar-refractivity contribution in [3.05, 3.63) is 342 Å². The zero-order valence-corrected chi connectivity index (χ0v) is 41.2. The molecule has 1 spiro atoms. The van der Waals surface area contributed by atoms with Crippen molar-refractivity contribution in [3.8, 4) is 66.8 Å². The fraction of sp³-hybridized carbons (Fsp3) is 0.0270. The van der Waals surface area contributed by atoms with Crippen molar-refractivity contribution in [2.45, 2.75) is 10.8 Å². The van der Waals surface area contributed by atoms with E-state index >= 15 is 0 Å². The fourth-order valence-electron chi connectivity index (χ4n) is 13.7. The second-order valence-electron chi connectivity index (χ2n) is 20.2. The minimum atomic E-state index is -0.592. The van der Waals surface area contributed by atoms with Crippen LogP contribution in [0.5, 0.6) is 0 Å². The molecule has 0 aliphatic heterocycles. The van der Waals surface area contributed by atoms with E-state index in [1.807, 2.05) is 0 Å². The molecule has 0 saturated carbocycles. The first kappa shape index (κ1) is 43.1. The summed E-state index contributed by atoms with van der Waals surface area (Å²) in [5, 5.41) is 0. The van der Waals surface area contributed by atoms with E-state index < -0.39 is 10.8 Å². The Morgan fingerprint density at radius 3 is 1.01 bits per heavy atom. The van der Waals surface area contributed by atoms with Crippen molar-refractivity contribution in [1.29, 1.82) is 0 Å². The van der Waals surface area contributed by atoms with Crippen LogP contribution in [0.4, 0.5) is 17.1 Å². The van der Waals surface area contributed by atoms with Gasteiger partial charge in [0.05, 0.1) is 16.5 Å². The Morgan fingerprint density at radius 1 is 0.213 bits per heavy atom. The largest absolute Gasteiger partial charge is 0.310 e. The zero-order valence-electron chi connectivity index (χ0n) is 41.2. The van der Waals surface area contributed by atoms with E-state index in [1.165, 1.54) is 106 Å². The van der Waals surface area contributed by atoms with Gasteiger partial charge >= 0.3 is 0 Å². The molecule has 3 aliphatic rings. The molecule has 15 rings (SSSR count). The van der Waals surface area contributed by atoms with E-state index in [1.54, 1.807) is 0 Å². The molecule has 350 valence electrons. The molecule has 12 aromatic carbocycles. The van der Waals surface area contributed by atoms with Gasteiger partial charge in [-0.2, -0.15) is 0 Å². The van der Waals surface area contributed by atoms with Gasteiger partial charge in [0.1, 0.15) is 0 Å². The third kappa shape index (κ3) is 6.19. The van der Waals surface area contributed by atoms with Crippen LogP contribution in [0.1, 0.15) is 44.5 Å². The molecule has 0 atom stereocenters. The summed E-state index contributed by atoms with van der Waals surface area (Å²) in [5.41, 5.74) is 27.2. The van der Waals surface area contributed by atoms with Gasteiger partial charge in [-0.05, 0) is 136 Å². The third-order valence-electron chi connectivity index (χ3n) is 16.6. The lowest BCUT2D eigenvalue weighted by Crippen LogP contribution is -2.28. The molecule has 0 N–H and O–H groups in total. The van der Waals surface area contributed by atoms with Crippen molar-refractivity contribution < 1.29 is 0 Å².